The van der Waals surface area contributed by atoms with E-state index in [4.69, 9.17) is 0 Å². The number of carbonyl (C=O) groups is 2. The van der Waals surface area contributed by atoms with Crippen LogP contribution >= 0.6 is 0 Å². The highest BCUT2D eigenvalue weighted by Crippen LogP contribution is 2.34. The summed E-state index contributed by atoms with van der Waals surface area (Å²) in [4.78, 5) is 33.0. The van der Waals surface area contributed by atoms with Gasteiger partial charge < -0.3 is 15.5 Å². The van der Waals surface area contributed by atoms with E-state index in [0.717, 1.165) is 37.0 Å². The molecule has 0 aliphatic carbocycles. The van der Waals surface area contributed by atoms with Crippen LogP contribution in [0.3, 0.4) is 0 Å². The van der Waals surface area contributed by atoms with E-state index in [9.17, 15) is 22.8 Å². The fraction of sp³-hybridized carbons (Fsp3) is 0.250. The Morgan fingerprint density at radius 1 is 0.946 bits per heavy atom. The third-order valence-electron chi connectivity index (χ3n) is 6.53. The van der Waals surface area contributed by atoms with Crippen molar-refractivity contribution in [3.8, 4) is 0 Å². The Morgan fingerprint density at radius 3 is 2.38 bits per heavy atom. The van der Waals surface area contributed by atoms with Crippen molar-refractivity contribution in [1.29, 1.82) is 0 Å². The molecule has 3 aromatic carbocycles. The molecule has 37 heavy (non-hydrogen) atoms. The van der Waals surface area contributed by atoms with Crippen LogP contribution in [0.1, 0.15) is 46.3 Å². The van der Waals surface area contributed by atoms with Gasteiger partial charge in [-0.25, -0.2) is 4.99 Å². The molecule has 2 aliphatic heterocycles. The summed E-state index contributed by atoms with van der Waals surface area (Å²) in [5, 5.41) is 5.46. The number of hydrogen-bond acceptors (Lipinski definition) is 4. The standard InChI is InChI=1S/C28H25F3N4O2/c29-28(30,31)19-13-14-21(23(17-19)35-15-7-2-8-16-35)26(36)34-25-27(37)32-22-12-6-5-11-20(22)24(33-25)18-9-3-1-4-10-18/h1,3-6,9-14,17,25H,2,7-8,15-16H2,(H,32,37)(H,34,36). The van der Waals surface area contributed by atoms with Crippen molar-refractivity contribution in [3.63, 3.8) is 0 Å². The van der Waals surface area contributed by atoms with Crippen molar-refractivity contribution >= 4 is 28.9 Å². The van der Waals surface area contributed by atoms with Gasteiger partial charge in [0, 0.05) is 24.2 Å². The number of nitrogens with one attached hydrogen (secondary N) is 2. The quantitative estimate of drug-likeness (QED) is 0.508. The van der Waals surface area contributed by atoms with Crippen LogP contribution in [0, 0.1) is 0 Å². The maximum Gasteiger partial charge on any atom is 0.416 e. The molecule has 2 amide bonds. The van der Waals surface area contributed by atoms with Gasteiger partial charge in [0.1, 0.15) is 0 Å². The van der Waals surface area contributed by atoms with Gasteiger partial charge >= 0.3 is 6.18 Å². The third kappa shape index (κ3) is 5.21. The number of rotatable bonds is 4. The molecule has 0 bridgehead atoms. The second kappa shape index (κ2) is 10.1. The molecule has 0 spiro atoms. The van der Waals surface area contributed by atoms with Crippen molar-refractivity contribution in [2.75, 3.05) is 23.3 Å². The highest BCUT2D eigenvalue weighted by atomic mass is 19.4. The average Bonchev–Trinajstić information content (AvgIpc) is 3.05. The first-order valence-corrected chi connectivity index (χ1v) is 12.1. The summed E-state index contributed by atoms with van der Waals surface area (Å²) in [6.07, 6.45) is -3.19. The zero-order valence-corrected chi connectivity index (χ0v) is 19.9. The van der Waals surface area contributed by atoms with E-state index in [1.165, 1.54) is 6.07 Å². The van der Waals surface area contributed by atoms with Crippen molar-refractivity contribution in [3.05, 3.63) is 95.1 Å². The third-order valence-corrected chi connectivity index (χ3v) is 6.53. The number of fused-ring (bicyclic) bond motifs is 1. The highest BCUT2D eigenvalue weighted by Gasteiger charge is 2.33. The van der Waals surface area contributed by atoms with Gasteiger partial charge in [-0.2, -0.15) is 13.2 Å². The summed E-state index contributed by atoms with van der Waals surface area (Å²) < 4.78 is 40.4. The fourth-order valence-electron chi connectivity index (χ4n) is 4.68. The monoisotopic (exact) mass is 506 g/mol. The highest BCUT2D eigenvalue weighted by molar-refractivity contribution is 6.20. The smallest absolute Gasteiger partial charge is 0.371 e. The number of para-hydroxylation sites is 1. The minimum absolute atomic E-state index is 0.0703. The molecule has 3 aromatic rings. The first kappa shape index (κ1) is 24.5. The molecule has 0 aromatic heterocycles. The van der Waals surface area contributed by atoms with E-state index in [2.05, 4.69) is 15.6 Å². The summed E-state index contributed by atoms with van der Waals surface area (Å²) in [6.45, 7) is 1.11. The van der Waals surface area contributed by atoms with Gasteiger partial charge in [0.15, 0.2) is 0 Å². The van der Waals surface area contributed by atoms with Gasteiger partial charge in [0.05, 0.1) is 28.2 Å². The number of piperidine rings is 1. The van der Waals surface area contributed by atoms with Crippen LogP contribution in [-0.4, -0.2) is 36.8 Å². The minimum Gasteiger partial charge on any atom is -0.371 e. The number of aliphatic imine (C=N–C) groups is 1. The largest absolute Gasteiger partial charge is 0.416 e. The van der Waals surface area contributed by atoms with Crippen LogP contribution in [0.2, 0.25) is 0 Å². The predicted octanol–water partition coefficient (Wildman–Crippen LogP) is 5.24. The first-order valence-electron chi connectivity index (χ1n) is 12.1. The maximum atomic E-state index is 13.5. The van der Waals surface area contributed by atoms with Crippen LogP contribution in [0.15, 0.2) is 77.8 Å². The fourth-order valence-corrected chi connectivity index (χ4v) is 4.68. The number of carbonyl (C=O) groups excluding carboxylic acids is 2. The second-order valence-corrected chi connectivity index (χ2v) is 9.03. The molecule has 6 nitrogen and oxygen atoms in total. The number of benzodiazepines with no additional fused rings is 1. The van der Waals surface area contributed by atoms with Gasteiger partial charge in [-0.3, -0.25) is 9.59 Å². The number of anilines is 2. The van der Waals surface area contributed by atoms with E-state index < -0.39 is 29.7 Å². The lowest BCUT2D eigenvalue weighted by Crippen LogP contribution is -2.43. The molecule has 2 N–H and O–H groups in total. The molecule has 1 saturated heterocycles. The minimum atomic E-state index is -4.54. The van der Waals surface area contributed by atoms with E-state index >= 15 is 0 Å². The number of benzene rings is 3. The Balaban J connectivity index is 1.52. The molecule has 1 fully saturated rings. The molecule has 0 saturated carbocycles. The molecule has 0 radical (unpaired) electrons. The van der Waals surface area contributed by atoms with Gasteiger partial charge in [0.25, 0.3) is 11.8 Å². The second-order valence-electron chi connectivity index (χ2n) is 9.03. The van der Waals surface area contributed by atoms with Crippen molar-refractivity contribution in [2.45, 2.75) is 31.6 Å². The van der Waals surface area contributed by atoms with Crippen LogP contribution in [-0.2, 0) is 11.0 Å². The van der Waals surface area contributed by atoms with Crippen LogP contribution < -0.4 is 15.5 Å². The van der Waals surface area contributed by atoms with E-state index in [1.54, 1.807) is 17.0 Å². The molecule has 190 valence electrons. The number of nitrogens with zero attached hydrogens (tertiary/aromatic N) is 2. The Morgan fingerprint density at radius 2 is 1.65 bits per heavy atom. The first-order chi connectivity index (χ1) is 17.8. The molecule has 9 heteroatoms. The lowest BCUT2D eigenvalue weighted by atomic mass is 10.0. The van der Waals surface area contributed by atoms with E-state index in [0.29, 0.717) is 30.1 Å². The molecular weight excluding hydrogens is 481 g/mol. The topological polar surface area (TPSA) is 73.8 Å². The van der Waals surface area contributed by atoms with Crippen LogP contribution in [0.5, 0.6) is 0 Å². The predicted molar refractivity (Wildman–Crippen MR) is 136 cm³/mol. The maximum absolute atomic E-state index is 13.5. The summed E-state index contributed by atoms with van der Waals surface area (Å²) in [5.74, 6) is -1.21. The summed E-state index contributed by atoms with van der Waals surface area (Å²) in [7, 11) is 0. The van der Waals surface area contributed by atoms with E-state index in [1.807, 2.05) is 42.5 Å². The normalized spacial score (nSPS) is 17.8. The average molecular weight is 507 g/mol. The lowest BCUT2D eigenvalue weighted by molar-refractivity contribution is -0.137. The van der Waals surface area contributed by atoms with Gasteiger partial charge in [-0.05, 0) is 43.5 Å². The van der Waals surface area contributed by atoms with Crippen molar-refractivity contribution in [1.82, 2.24) is 5.32 Å². The molecular formula is C28H25F3N4O2. The van der Waals surface area contributed by atoms with E-state index in [-0.39, 0.29) is 11.3 Å². The van der Waals surface area contributed by atoms with Crippen LogP contribution in [0.25, 0.3) is 0 Å². The zero-order valence-electron chi connectivity index (χ0n) is 19.9. The zero-order chi connectivity index (χ0) is 26.0. The Labute approximate surface area is 212 Å². The Bertz CT molecular complexity index is 1350. The Kier molecular flexibility index (Phi) is 6.69. The number of amides is 2. The summed E-state index contributed by atoms with van der Waals surface area (Å²) in [5.41, 5.74) is 1.98. The molecule has 2 heterocycles. The van der Waals surface area contributed by atoms with Crippen molar-refractivity contribution < 1.29 is 22.8 Å². The van der Waals surface area contributed by atoms with Gasteiger partial charge in [-0.15, -0.1) is 0 Å². The summed E-state index contributed by atoms with van der Waals surface area (Å²) in [6, 6.07) is 19.5. The molecule has 5 rings (SSSR count). The lowest BCUT2D eigenvalue weighted by Gasteiger charge is -2.31. The van der Waals surface area contributed by atoms with Crippen molar-refractivity contribution in [2.24, 2.45) is 4.99 Å². The molecule has 1 unspecified atom stereocenters. The molecule has 2 aliphatic rings. The number of alkyl halides is 3. The molecule has 1 atom stereocenters. The summed E-state index contributed by atoms with van der Waals surface area (Å²) >= 11 is 0. The van der Waals surface area contributed by atoms with Crippen LogP contribution in [0.4, 0.5) is 24.5 Å². The SMILES string of the molecule is O=C(NC1N=C(c2ccccc2)c2ccccc2NC1=O)c1ccc(C(F)(F)F)cc1N1CCCCC1. The number of hydrogen-bond donors (Lipinski definition) is 2. The Hall–Kier alpha value is -4.14. The van der Waals surface area contributed by atoms with Gasteiger partial charge in [-0.1, -0.05) is 48.5 Å². The number of halogens is 3. The van der Waals surface area contributed by atoms with Gasteiger partial charge in [0.2, 0.25) is 6.17 Å².